The zero-order valence-electron chi connectivity index (χ0n) is 22.6. The van der Waals surface area contributed by atoms with Gasteiger partial charge in [-0.15, -0.1) is 11.3 Å². The number of amides is 2. The highest BCUT2D eigenvalue weighted by Gasteiger charge is 2.35. The Kier molecular flexibility index (Phi) is 6.86. The number of fused-ring (bicyclic) bond motifs is 1. The molecule has 210 valence electrons. The second kappa shape index (κ2) is 10.5. The molecular weight excluding hydrogens is 550 g/mol. The Morgan fingerprint density at radius 1 is 1.15 bits per heavy atom. The number of carbonyl (C=O) groups is 2. The molecule has 0 unspecified atom stereocenters. The van der Waals surface area contributed by atoms with Crippen LogP contribution < -0.4 is 10.2 Å². The average Bonchev–Trinajstić information content (AvgIpc) is 3.66. The summed E-state index contributed by atoms with van der Waals surface area (Å²) in [7, 11) is 1.57. The number of nitrogens with one attached hydrogen (secondary N) is 1. The van der Waals surface area contributed by atoms with Crippen LogP contribution in [-0.2, 0) is 16.0 Å². The van der Waals surface area contributed by atoms with E-state index in [1.54, 1.807) is 7.05 Å². The van der Waals surface area contributed by atoms with Crippen LogP contribution in [0.5, 0.6) is 0 Å². The molecule has 0 aliphatic carbocycles. The molecule has 6 rings (SSSR count). The highest BCUT2D eigenvalue weighted by molar-refractivity contribution is 7.12. The van der Waals surface area contributed by atoms with Crippen molar-refractivity contribution in [2.75, 3.05) is 11.9 Å². The van der Waals surface area contributed by atoms with Crippen LogP contribution in [0.2, 0.25) is 0 Å². The zero-order valence-corrected chi connectivity index (χ0v) is 23.4. The number of rotatable bonds is 6. The van der Waals surface area contributed by atoms with Crippen molar-refractivity contribution in [2.24, 2.45) is 0 Å². The maximum Gasteiger partial charge on any atom is 0.227 e. The lowest BCUT2D eigenvalue weighted by Crippen LogP contribution is -2.39. The third-order valence-electron chi connectivity index (χ3n) is 7.28. The van der Waals surface area contributed by atoms with Crippen molar-refractivity contribution in [1.29, 1.82) is 0 Å². The van der Waals surface area contributed by atoms with E-state index in [1.165, 1.54) is 22.3 Å². The molecule has 1 N–H and O–H groups in total. The fourth-order valence-corrected chi connectivity index (χ4v) is 6.23. The number of aromatic nitrogens is 4. The molecule has 1 saturated heterocycles. The number of piperidine rings is 1. The summed E-state index contributed by atoms with van der Waals surface area (Å²) in [6, 6.07) is 8.72. The Balaban J connectivity index is 1.54. The Hall–Kier alpha value is -4.45. The van der Waals surface area contributed by atoms with Gasteiger partial charge in [0.05, 0.1) is 34.9 Å². The number of benzene rings is 2. The summed E-state index contributed by atoms with van der Waals surface area (Å²) in [5.74, 6) is -1.17. The number of hydrogen-bond acceptors (Lipinski definition) is 7. The van der Waals surface area contributed by atoms with Gasteiger partial charge in [-0.25, -0.2) is 18.7 Å². The molecular formula is C29H26F2N6O3S. The summed E-state index contributed by atoms with van der Waals surface area (Å²) in [5.41, 5.74) is 4.77. The first-order valence-electron chi connectivity index (χ1n) is 13.1. The summed E-state index contributed by atoms with van der Waals surface area (Å²) >= 11 is 1.36. The van der Waals surface area contributed by atoms with Gasteiger partial charge >= 0.3 is 0 Å². The van der Waals surface area contributed by atoms with E-state index in [9.17, 15) is 18.4 Å². The van der Waals surface area contributed by atoms with Crippen molar-refractivity contribution >= 4 is 39.9 Å². The average molecular weight is 577 g/mol. The van der Waals surface area contributed by atoms with Gasteiger partial charge in [-0.05, 0) is 56.5 Å². The minimum Gasteiger partial charge on any atom is -0.361 e. The monoisotopic (exact) mass is 576 g/mol. The smallest absolute Gasteiger partial charge is 0.227 e. The molecule has 2 amide bonds. The second-order valence-corrected chi connectivity index (χ2v) is 10.8. The summed E-state index contributed by atoms with van der Waals surface area (Å²) in [6.07, 6.45) is 1.56. The molecule has 0 bridgehead atoms. The molecule has 1 fully saturated rings. The molecule has 12 heteroatoms. The van der Waals surface area contributed by atoms with Gasteiger partial charge in [-0.2, -0.15) is 0 Å². The van der Waals surface area contributed by atoms with Crippen molar-refractivity contribution in [3.8, 4) is 16.3 Å². The Labute approximate surface area is 237 Å². The van der Waals surface area contributed by atoms with Gasteiger partial charge in [0.15, 0.2) is 16.8 Å². The van der Waals surface area contributed by atoms with E-state index in [0.29, 0.717) is 40.8 Å². The molecule has 1 aliphatic heterocycles. The minimum absolute atomic E-state index is 0.119. The van der Waals surface area contributed by atoms with Gasteiger partial charge in [0.2, 0.25) is 11.8 Å². The highest BCUT2D eigenvalue weighted by Crippen LogP contribution is 2.40. The van der Waals surface area contributed by atoms with Crippen molar-refractivity contribution < 1.29 is 22.9 Å². The Morgan fingerprint density at radius 2 is 1.98 bits per heavy atom. The van der Waals surface area contributed by atoms with Crippen molar-refractivity contribution in [3.63, 3.8) is 0 Å². The van der Waals surface area contributed by atoms with Crippen LogP contribution in [0, 0.1) is 25.5 Å². The molecule has 2 aromatic carbocycles. The molecule has 0 radical (unpaired) electrons. The van der Waals surface area contributed by atoms with Crippen LogP contribution in [0.1, 0.15) is 48.3 Å². The van der Waals surface area contributed by atoms with Crippen molar-refractivity contribution in [2.45, 2.75) is 45.6 Å². The number of hydrogen-bond donors (Lipinski definition) is 1. The minimum atomic E-state index is -1.03. The summed E-state index contributed by atoms with van der Waals surface area (Å²) in [6.45, 7) is 3.72. The van der Waals surface area contributed by atoms with Gasteiger partial charge in [-0.3, -0.25) is 14.2 Å². The highest BCUT2D eigenvalue weighted by atomic mass is 32.1. The number of anilines is 1. The van der Waals surface area contributed by atoms with E-state index in [-0.39, 0.29) is 30.3 Å². The molecule has 0 spiro atoms. The molecule has 9 nitrogen and oxygen atoms in total. The van der Waals surface area contributed by atoms with Gasteiger partial charge in [0, 0.05) is 36.2 Å². The largest absolute Gasteiger partial charge is 0.361 e. The maximum atomic E-state index is 14.3. The van der Waals surface area contributed by atoms with E-state index < -0.39 is 17.7 Å². The van der Waals surface area contributed by atoms with Crippen LogP contribution in [0.4, 0.5) is 14.5 Å². The van der Waals surface area contributed by atoms with Crippen LogP contribution in [-0.4, -0.2) is 38.6 Å². The first kappa shape index (κ1) is 26.8. The molecule has 1 atom stereocenters. The number of imidazole rings is 1. The van der Waals surface area contributed by atoms with Gasteiger partial charge in [0.1, 0.15) is 11.6 Å². The van der Waals surface area contributed by atoms with Crippen molar-refractivity contribution in [3.05, 3.63) is 76.4 Å². The number of thiazole rings is 1. The third kappa shape index (κ3) is 4.77. The first-order chi connectivity index (χ1) is 19.7. The van der Waals surface area contributed by atoms with Crippen LogP contribution >= 0.6 is 11.3 Å². The number of carbonyl (C=O) groups excluding carboxylic acids is 2. The summed E-state index contributed by atoms with van der Waals surface area (Å²) < 4.78 is 35.4. The van der Waals surface area contributed by atoms with Crippen LogP contribution in [0.3, 0.4) is 0 Å². The number of halogens is 2. The second-order valence-electron chi connectivity index (χ2n) is 9.95. The molecule has 41 heavy (non-hydrogen) atoms. The fourth-order valence-electron chi connectivity index (χ4n) is 5.38. The van der Waals surface area contributed by atoms with E-state index in [0.717, 1.165) is 34.5 Å². The molecule has 1 aliphatic rings. The predicted molar refractivity (Wildman–Crippen MR) is 150 cm³/mol. The van der Waals surface area contributed by atoms with Gasteiger partial charge in [-0.1, -0.05) is 11.2 Å². The van der Waals surface area contributed by atoms with Crippen LogP contribution in [0.25, 0.3) is 27.3 Å². The normalized spacial score (nSPS) is 15.6. The fraction of sp³-hybridized carbons (Fsp3) is 0.276. The predicted octanol–water partition coefficient (Wildman–Crippen LogP) is 5.58. The summed E-state index contributed by atoms with van der Waals surface area (Å²) in [4.78, 5) is 36.5. The van der Waals surface area contributed by atoms with Gasteiger partial charge < -0.3 is 14.7 Å². The topological polar surface area (TPSA) is 106 Å². The van der Waals surface area contributed by atoms with Crippen molar-refractivity contribution in [1.82, 2.24) is 25.0 Å². The van der Waals surface area contributed by atoms with Crippen LogP contribution in [0.15, 0.2) is 46.3 Å². The third-order valence-corrected chi connectivity index (χ3v) is 8.16. The van der Waals surface area contributed by atoms with Gasteiger partial charge in [0.25, 0.3) is 0 Å². The Morgan fingerprint density at radius 3 is 2.71 bits per heavy atom. The summed E-state index contributed by atoms with van der Waals surface area (Å²) in [5, 5.41) is 9.08. The Bertz CT molecular complexity index is 1790. The number of likely N-dealkylation sites (N-methyl/N-ethyl adjacent to an activating group) is 1. The molecule has 4 heterocycles. The molecule has 5 aromatic rings. The van der Waals surface area contributed by atoms with E-state index in [2.05, 4.69) is 10.5 Å². The quantitative estimate of drug-likeness (QED) is 0.283. The van der Waals surface area contributed by atoms with E-state index in [4.69, 9.17) is 14.5 Å². The molecule has 3 aromatic heterocycles. The number of aryl methyl sites for hydroxylation is 2. The maximum absolute atomic E-state index is 14.3. The first-order valence-corrected chi connectivity index (χ1v) is 14.0. The SMILES string of the molecule is CNC(=O)Cc1csc(-n2c([C@@H]3CCCC(=O)N3c3ccc(F)c(F)c3)nc3cc(-c4c(C)noc4C)ccc32)n1. The standard InChI is InChI=1S/C29H26F2N6O3S/c1-15-27(16(2)40-35-15)17-7-10-23-22(11-17)34-28(37(23)29-33-18(14-41-29)12-25(38)32-3)24-5-4-6-26(39)36(24)19-8-9-20(30)21(31)13-19/h7-11,13-14,24H,4-6,12H2,1-3H3,(H,32,38)/t24-/m0/s1. The lowest BCUT2D eigenvalue weighted by Gasteiger charge is -2.35. The number of nitrogens with zero attached hydrogens (tertiary/aromatic N) is 5. The lowest BCUT2D eigenvalue weighted by molar-refractivity contribution is -0.121. The van der Waals surface area contributed by atoms with E-state index >= 15 is 0 Å². The zero-order chi connectivity index (χ0) is 28.8. The lowest BCUT2D eigenvalue weighted by atomic mass is 9.99. The van der Waals surface area contributed by atoms with E-state index in [1.807, 2.05) is 42.0 Å². The molecule has 0 saturated carbocycles.